The zero-order chi connectivity index (χ0) is 19.4. The van der Waals surface area contributed by atoms with E-state index in [2.05, 4.69) is 9.97 Å². The summed E-state index contributed by atoms with van der Waals surface area (Å²) in [4.78, 5) is 9.58. The van der Waals surface area contributed by atoms with Crippen LogP contribution in [0.2, 0.25) is 0 Å². The zero-order valence-corrected chi connectivity index (χ0v) is 15.0. The van der Waals surface area contributed by atoms with Crippen LogP contribution in [0.15, 0.2) is 30.5 Å². The second-order valence-electron chi connectivity index (χ2n) is 6.49. The minimum Gasteiger partial charge on any atom is -0.474 e. The molecule has 2 aromatic rings. The van der Waals surface area contributed by atoms with E-state index in [1.165, 1.54) is 24.3 Å². The number of alkyl halides is 3. The van der Waals surface area contributed by atoms with Crippen molar-refractivity contribution in [3.05, 3.63) is 41.8 Å². The normalized spacial score (nSPS) is 15.6. The highest BCUT2D eigenvalue weighted by Gasteiger charge is 2.37. The van der Waals surface area contributed by atoms with E-state index in [0.717, 1.165) is 25.5 Å². The molecule has 0 atom stereocenters. The Morgan fingerprint density at radius 2 is 1.78 bits per heavy atom. The first-order valence-corrected chi connectivity index (χ1v) is 9.02. The number of benzene rings is 1. The van der Waals surface area contributed by atoms with Gasteiger partial charge in [0.2, 0.25) is 11.8 Å². The molecule has 0 N–H and O–H groups in total. The van der Waals surface area contributed by atoms with Gasteiger partial charge in [0.15, 0.2) is 0 Å². The number of nitrogens with zero attached hydrogens (tertiary/aromatic N) is 3. The van der Waals surface area contributed by atoms with Crippen molar-refractivity contribution in [2.75, 3.05) is 11.4 Å². The third-order valence-corrected chi connectivity index (χ3v) is 4.57. The number of anilines is 2. The molecule has 3 rings (SSSR count). The lowest BCUT2D eigenvalue weighted by molar-refractivity contribution is -0.140. The highest BCUT2D eigenvalue weighted by Crippen LogP contribution is 2.37. The van der Waals surface area contributed by atoms with E-state index in [4.69, 9.17) is 4.74 Å². The highest BCUT2D eigenvalue weighted by molar-refractivity contribution is 5.57. The molecule has 146 valence electrons. The van der Waals surface area contributed by atoms with Crippen LogP contribution < -0.4 is 9.64 Å². The van der Waals surface area contributed by atoms with E-state index in [9.17, 15) is 17.6 Å². The molecule has 0 spiro atoms. The third-order valence-electron chi connectivity index (χ3n) is 4.57. The summed E-state index contributed by atoms with van der Waals surface area (Å²) in [6, 6.07) is 5.62. The second kappa shape index (κ2) is 8.10. The molecule has 4 nitrogen and oxygen atoms in total. The minimum absolute atomic E-state index is 0.0860. The molecular formula is C19H21F4N3O. The van der Waals surface area contributed by atoms with Crippen LogP contribution in [0.4, 0.5) is 29.2 Å². The fourth-order valence-electron chi connectivity index (χ4n) is 3.17. The lowest BCUT2D eigenvalue weighted by atomic mass is 9.98. The second-order valence-corrected chi connectivity index (χ2v) is 6.49. The lowest BCUT2D eigenvalue weighted by Gasteiger charge is -2.26. The Bertz CT molecular complexity index is 759. The summed E-state index contributed by atoms with van der Waals surface area (Å²) in [5, 5.41) is 0. The molecule has 0 radical (unpaired) electrons. The quantitative estimate of drug-likeness (QED) is 0.639. The minimum atomic E-state index is -4.60. The third kappa shape index (κ3) is 4.67. The Balaban J connectivity index is 1.95. The summed E-state index contributed by atoms with van der Waals surface area (Å²) < 4.78 is 58.9. The van der Waals surface area contributed by atoms with Crippen molar-refractivity contribution in [1.29, 1.82) is 0 Å². The number of halogens is 4. The van der Waals surface area contributed by atoms with Crippen molar-refractivity contribution in [3.63, 3.8) is 0 Å². The fraction of sp³-hybridized carbons (Fsp3) is 0.474. The summed E-state index contributed by atoms with van der Waals surface area (Å²) in [5.41, 5.74) is -0.394. The molecule has 1 aliphatic carbocycles. The molecule has 0 amide bonds. The van der Waals surface area contributed by atoms with Gasteiger partial charge < -0.3 is 9.64 Å². The zero-order valence-electron chi connectivity index (χ0n) is 15.0. The Morgan fingerprint density at radius 3 is 2.37 bits per heavy atom. The molecule has 1 aromatic heterocycles. The van der Waals surface area contributed by atoms with Gasteiger partial charge >= 0.3 is 6.18 Å². The smallest absolute Gasteiger partial charge is 0.423 e. The van der Waals surface area contributed by atoms with E-state index < -0.39 is 23.4 Å². The van der Waals surface area contributed by atoms with Gasteiger partial charge in [-0.15, -0.1) is 0 Å². The first-order chi connectivity index (χ1) is 12.9. The largest absolute Gasteiger partial charge is 0.474 e. The average Bonchev–Trinajstić information content (AvgIpc) is 2.64. The van der Waals surface area contributed by atoms with Crippen molar-refractivity contribution in [2.24, 2.45) is 0 Å². The molecule has 27 heavy (non-hydrogen) atoms. The molecular weight excluding hydrogens is 362 g/mol. The summed E-state index contributed by atoms with van der Waals surface area (Å²) in [5.74, 6) is -0.757. The first kappa shape index (κ1) is 19.4. The SMILES string of the molecule is CCN(c1ccc(F)cc1)c1ncc(C(F)(F)F)c(OC2CCCCC2)n1. The molecule has 1 heterocycles. The number of hydrogen-bond acceptors (Lipinski definition) is 4. The highest BCUT2D eigenvalue weighted by atomic mass is 19.4. The number of ether oxygens (including phenoxy) is 1. The Kier molecular flexibility index (Phi) is 5.82. The number of aromatic nitrogens is 2. The Morgan fingerprint density at radius 1 is 1.11 bits per heavy atom. The predicted molar refractivity (Wildman–Crippen MR) is 93.6 cm³/mol. The van der Waals surface area contributed by atoms with Crippen LogP contribution in [0, 0.1) is 5.82 Å². The van der Waals surface area contributed by atoms with Crippen LogP contribution in [0.25, 0.3) is 0 Å². The van der Waals surface area contributed by atoms with Gasteiger partial charge in [0.1, 0.15) is 17.5 Å². The van der Waals surface area contributed by atoms with E-state index >= 15 is 0 Å². The van der Waals surface area contributed by atoms with Gasteiger partial charge in [0.05, 0.1) is 0 Å². The molecule has 1 aliphatic rings. The van der Waals surface area contributed by atoms with Crippen LogP contribution in [-0.4, -0.2) is 22.6 Å². The van der Waals surface area contributed by atoms with E-state index in [1.807, 2.05) is 6.92 Å². The number of hydrogen-bond donors (Lipinski definition) is 0. The summed E-state index contributed by atoms with van der Waals surface area (Å²) in [7, 11) is 0. The molecule has 0 unspecified atom stereocenters. The first-order valence-electron chi connectivity index (χ1n) is 9.02. The van der Waals surface area contributed by atoms with Crippen molar-refractivity contribution < 1.29 is 22.3 Å². The molecule has 1 fully saturated rings. The van der Waals surface area contributed by atoms with Crippen molar-refractivity contribution in [3.8, 4) is 5.88 Å². The summed E-state index contributed by atoms with van der Waals surface area (Å²) >= 11 is 0. The monoisotopic (exact) mass is 383 g/mol. The Hall–Kier alpha value is -2.38. The molecule has 1 saturated carbocycles. The Labute approximate surface area is 155 Å². The molecule has 0 saturated heterocycles. The van der Waals surface area contributed by atoms with Gasteiger partial charge in [-0.2, -0.15) is 18.2 Å². The molecule has 8 heteroatoms. The summed E-state index contributed by atoms with van der Waals surface area (Å²) in [6.07, 6.45) is 0.236. The standard InChI is InChI=1S/C19H21F4N3O/c1-2-26(14-10-8-13(20)9-11-14)18-24-12-16(19(21,22)23)17(25-18)27-15-6-4-3-5-7-15/h8-12,15H,2-7H2,1H3. The van der Waals surface area contributed by atoms with E-state index in [0.29, 0.717) is 25.1 Å². The van der Waals surface area contributed by atoms with Crippen molar-refractivity contribution in [1.82, 2.24) is 9.97 Å². The summed E-state index contributed by atoms with van der Waals surface area (Å²) in [6.45, 7) is 2.21. The maximum Gasteiger partial charge on any atom is 0.423 e. The maximum absolute atomic E-state index is 13.4. The molecule has 0 aliphatic heterocycles. The fourth-order valence-corrected chi connectivity index (χ4v) is 3.17. The van der Waals surface area contributed by atoms with Gasteiger partial charge in [0.25, 0.3) is 0 Å². The van der Waals surface area contributed by atoms with Crippen LogP contribution in [-0.2, 0) is 6.18 Å². The van der Waals surface area contributed by atoms with Gasteiger partial charge in [0, 0.05) is 18.4 Å². The van der Waals surface area contributed by atoms with Crippen LogP contribution in [0.5, 0.6) is 5.88 Å². The van der Waals surface area contributed by atoms with E-state index in [1.54, 1.807) is 4.90 Å². The van der Waals surface area contributed by atoms with Crippen molar-refractivity contribution >= 4 is 11.6 Å². The topological polar surface area (TPSA) is 38.2 Å². The predicted octanol–water partition coefficient (Wildman–Crippen LogP) is 5.50. The van der Waals surface area contributed by atoms with Crippen LogP contribution >= 0.6 is 0 Å². The van der Waals surface area contributed by atoms with Crippen molar-refractivity contribution in [2.45, 2.75) is 51.3 Å². The van der Waals surface area contributed by atoms with Crippen LogP contribution in [0.1, 0.15) is 44.6 Å². The van der Waals surface area contributed by atoms with Crippen LogP contribution in [0.3, 0.4) is 0 Å². The van der Waals surface area contributed by atoms with Gasteiger partial charge in [-0.3, -0.25) is 0 Å². The van der Waals surface area contributed by atoms with Gasteiger partial charge in [-0.05, 0) is 56.9 Å². The molecule has 1 aromatic carbocycles. The molecule has 0 bridgehead atoms. The van der Waals surface area contributed by atoms with E-state index in [-0.39, 0.29) is 12.1 Å². The average molecular weight is 383 g/mol. The number of rotatable bonds is 5. The maximum atomic E-state index is 13.4. The van der Waals surface area contributed by atoms with Gasteiger partial charge in [-0.1, -0.05) is 6.42 Å². The van der Waals surface area contributed by atoms with Gasteiger partial charge in [-0.25, -0.2) is 9.37 Å². The lowest BCUT2D eigenvalue weighted by Crippen LogP contribution is -2.24.